The fourth-order valence-corrected chi connectivity index (χ4v) is 3.14. The Bertz CT molecular complexity index is 614. The maximum atomic E-state index is 12.4. The lowest BCUT2D eigenvalue weighted by Crippen LogP contribution is -2.04. The van der Waals surface area contributed by atoms with Gasteiger partial charge in [0.1, 0.15) is 0 Å². The number of hydrogen-bond donors (Lipinski definition) is 1. The highest BCUT2D eigenvalue weighted by Crippen LogP contribution is 2.37. The van der Waals surface area contributed by atoms with Crippen LogP contribution in [0.15, 0.2) is 47.4 Å². The lowest BCUT2D eigenvalue weighted by atomic mass is 10.2. The van der Waals surface area contributed by atoms with Gasteiger partial charge in [-0.3, -0.25) is 4.21 Å². The molecule has 0 aromatic heterocycles. The third-order valence-electron chi connectivity index (χ3n) is 2.93. The smallest absolute Gasteiger partial charge is 0.185 e. The van der Waals surface area contributed by atoms with Gasteiger partial charge in [-0.25, -0.2) is 0 Å². The second kappa shape index (κ2) is 6.43. The van der Waals surface area contributed by atoms with Crippen LogP contribution in [-0.4, -0.2) is 18.4 Å². The third kappa shape index (κ3) is 2.93. The Kier molecular flexibility index (Phi) is 4.63. The number of methoxy groups -OCH3 is 2. The Hall–Kier alpha value is -2.01. The summed E-state index contributed by atoms with van der Waals surface area (Å²) in [6.07, 6.45) is 0. The Balaban J connectivity index is 2.31. The van der Waals surface area contributed by atoms with Crippen LogP contribution in [0.4, 0.5) is 5.69 Å². The number of nitrogen functional groups attached to an aromatic ring is 1. The van der Waals surface area contributed by atoms with Gasteiger partial charge in [-0.1, -0.05) is 30.3 Å². The van der Waals surface area contributed by atoms with Crippen molar-refractivity contribution in [2.75, 3.05) is 20.0 Å². The van der Waals surface area contributed by atoms with Gasteiger partial charge < -0.3 is 15.2 Å². The zero-order valence-corrected chi connectivity index (χ0v) is 12.3. The second-order valence-electron chi connectivity index (χ2n) is 4.19. The first-order valence-electron chi connectivity index (χ1n) is 6.10. The highest BCUT2D eigenvalue weighted by molar-refractivity contribution is 7.84. The lowest BCUT2D eigenvalue weighted by Gasteiger charge is -2.13. The van der Waals surface area contributed by atoms with E-state index in [1.54, 1.807) is 12.1 Å². The van der Waals surface area contributed by atoms with E-state index in [-0.39, 0.29) is 0 Å². The highest BCUT2D eigenvalue weighted by atomic mass is 32.2. The molecule has 0 heterocycles. The van der Waals surface area contributed by atoms with E-state index in [9.17, 15) is 4.21 Å². The molecule has 2 rings (SSSR count). The van der Waals surface area contributed by atoms with Crippen molar-refractivity contribution in [1.82, 2.24) is 0 Å². The van der Waals surface area contributed by atoms with Crippen molar-refractivity contribution in [1.29, 1.82) is 0 Å². The van der Waals surface area contributed by atoms with E-state index in [4.69, 9.17) is 15.2 Å². The van der Waals surface area contributed by atoms with Crippen LogP contribution in [0.25, 0.3) is 0 Å². The molecule has 20 heavy (non-hydrogen) atoms. The van der Waals surface area contributed by atoms with Crippen molar-refractivity contribution in [2.24, 2.45) is 0 Å². The van der Waals surface area contributed by atoms with Crippen molar-refractivity contribution in [3.05, 3.63) is 48.0 Å². The lowest BCUT2D eigenvalue weighted by molar-refractivity contribution is 0.355. The molecule has 0 bridgehead atoms. The van der Waals surface area contributed by atoms with Gasteiger partial charge in [0.05, 0.1) is 41.4 Å². The first-order valence-corrected chi connectivity index (χ1v) is 7.42. The molecule has 1 atom stereocenters. The molecule has 2 aromatic rings. The largest absolute Gasteiger partial charge is 0.493 e. The Morgan fingerprint density at radius 2 is 1.75 bits per heavy atom. The first kappa shape index (κ1) is 14.4. The fraction of sp³-hybridized carbons (Fsp3) is 0.200. The summed E-state index contributed by atoms with van der Waals surface area (Å²) in [7, 11) is 1.82. The molecule has 0 spiro atoms. The predicted molar refractivity (Wildman–Crippen MR) is 80.5 cm³/mol. The molecule has 4 nitrogen and oxygen atoms in total. The number of hydrogen-bond acceptors (Lipinski definition) is 4. The average Bonchev–Trinajstić information content (AvgIpc) is 2.47. The van der Waals surface area contributed by atoms with Crippen molar-refractivity contribution in [2.45, 2.75) is 10.6 Å². The summed E-state index contributed by atoms with van der Waals surface area (Å²) < 4.78 is 22.8. The molecule has 0 fully saturated rings. The van der Waals surface area contributed by atoms with E-state index >= 15 is 0 Å². The zero-order chi connectivity index (χ0) is 14.5. The number of nitrogens with two attached hydrogens (primary N) is 1. The van der Waals surface area contributed by atoms with Gasteiger partial charge in [-0.15, -0.1) is 0 Å². The van der Waals surface area contributed by atoms with Gasteiger partial charge in [0.2, 0.25) is 0 Å². The summed E-state index contributed by atoms with van der Waals surface area (Å²) in [6.45, 7) is 0. The van der Waals surface area contributed by atoms with Crippen molar-refractivity contribution >= 4 is 16.5 Å². The number of benzene rings is 2. The fourth-order valence-electron chi connectivity index (χ4n) is 1.93. The molecule has 0 saturated carbocycles. The van der Waals surface area contributed by atoms with Gasteiger partial charge in [0.25, 0.3) is 0 Å². The van der Waals surface area contributed by atoms with E-state index in [0.29, 0.717) is 27.8 Å². The van der Waals surface area contributed by atoms with Crippen LogP contribution < -0.4 is 15.2 Å². The molecule has 1 unspecified atom stereocenters. The summed E-state index contributed by atoms with van der Waals surface area (Å²) in [5.41, 5.74) is 7.39. The van der Waals surface area contributed by atoms with Gasteiger partial charge in [-0.05, 0) is 17.7 Å². The summed E-state index contributed by atoms with van der Waals surface area (Å²) >= 11 is 0. The minimum atomic E-state index is -1.23. The Labute approximate surface area is 121 Å². The monoisotopic (exact) mass is 291 g/mol. The number of ether oxygens (including phenoxy) is 2. The molecule has 0 aliphatic heterocycles. The molecule has 2 N–H and O–H groups in total. The molecule has 0 radical (unpaired) electrons. The zero-order valence-electron chi connectivity index (χ0n) is 11.5. The molecule has 5 heteroatoms. The molecule has 0 aliphatic carbocycles. The molecule has 106 valence electrons. The SMILES string of the molecule is COc1ccc(S(=O)Cc2ccccc2)c(N)c1OC. The van der Waals surface area contributed by atoms with Crippen LogP contribution in [0.5, 0.6) is 11.5 Å². The summed E-state index contributed by atoms with van der Waals surface area (Å²) in [5.74, 6) is 1.37. The van der Waals surface area contributed by atoms with Crippen LogP contribution >= 0.6 is 0 Å². The summed E-state index contributed by atoms with van der Waals surface area (Å²) in [6, 6.07) is 13.1. The molecular formula is C15H17NO3S. The first-order chi connectivity index (χ1) is 9.67. The van der Waals surface area contributed by atoms with Gasteiger partial charge in [0.15, 0.2) is 11.5 Å². The molecule has 0 amide bonds. The van der Waals surface area contributed by atoms with Crippen LogP contribution in [0, 0.1) is 0 Å². The minimum Gasteiger partial charge on any atom is -0.493 e. The van der Waals surface area contributed by atoms with Gasteiger partial charge >= 0.3 is 0 Å². The standard InChI is InChI=1S/C15H17NO3S/c1-18-12-8-9-13(14(16)15(12)19-2)20(17)10-11-6-4-3-5-7-11/h3-9H,10,16H2,1-2H3. The average molecular weight is 291 g/mol. The van der Waals surface area contributed by atoms with E-state index < -0.39 is 10.8 Å². The van der Waals surface area contributed by atoms with Crippen LogP contribution in [-0.2, 0) is 16.6 Å². The normalized spacial score (nSPS) is 11.9. The van der Waals surface area contributed by atoms with Crippen molar-refractivity contribution in [3.63, 3.8) is 0 Å². The predicted octanol–water partition coefficient (Wildman–Crippen LogP) is 2.59. The number of anilines is 1. The van der Waals surface area contributed by atoms with Crippen LogP contribution in [0.3, 0.4) is 0 Å². The number of rotatable bonds is 5. The molecular weight excluding hydrogens is 274 g/mol. The quantitative estimate of drug-likeness (QED) is 0.860. The highest BCUT2D eigenvalue weighted by Gasteiger charge is 2.16. The van der Waals surface area contributed by atoms with Crippen molar-refractivity contribution in [3.8, 4) is 11.5 Å². The molecule has 2 aromatic carbocycles. The summed E-state index contributed by atoms with van der Waals surface area (Å²) in [4.78, 5) is 0.562. The van der Waals surface area contributed by atoms with E-state index in [1.165, 1.54) is 14.2 Å². The molecule has 0 aliphatic rings. The maximum Gasteiger partial charge on any atom is 0.185 e. The third-order valence-corrected chi connectivity index (χ3v) is 4.37. The maximum absolute atomic E-state index is 12.4. The summed E-state index contributed by atoms with van der Waals surface area (Å²) in [5, 5.41) is 0. The van der Waals surface area contributed by atoms with Gasteiger partial charge in [0, 0.05) is 0 Å². The van der Waals surface area contributed by atoms with Crippen LogP contribution in [0.1, 0.15) is 5.56 Å². The van der Waals surface area contributed by atoms with Crippen molar-refractivity contribution < 1.29 is 13.7 Å². The van der Waals surface area contributed by atoms with Gasteiger partial charge in [-0.2, -0.15) is 0 Å². The van der Waals surface area contributed by atoms with E-state index in [1.807, 2.05) is 30.3 Å². The Morgan fingerprint density at radius 3 is 2.35 bits per heavy atom. The topological polar surface area (TPSA) is 61.5 Å². The molecule has 0 saturated heterocycles. The van der Waals surface area contributed by atoms with Crippen LogP contribution in [0.2, 0.25) is 0 Å². The Morgan fingerprint density at radius 1 is 1.05 bits per heavy atom. The second-order valence-corrected chi connectivity index (χ2v) is 5.61. The van der Waals surface area contributed by atoms with E-state index in [2.05, 4.69) is 0 Å². The van der Waals surface area contributed by atoms with E-state index in [0.717, 1.165) is 5.56 Å². The minimum absolute atomic E-state index is 0.362.